The molecule has 1 atom stereocenters. The van der Waals surface area contributed by atoms with E-state index >= 15 is 0 Å². The summed E-state index contributed by atoms with van der Waals surface area (Å²) in [7, 11) is 0.163. The van der Waals surface area contributed by atoms with Crippen LogP contribution in [0.25, 0.3) is 0 Å². The van der Waals surface area contributed by atoms with Gasteiger partial charge < -0.3 is 20.1 Å². The maximum Gasteiger partial charge on any atom is 0.408 e. The number of nitrogens with one attached hydrogen (secondary N) is 2. The zero-order valence-electron chi connectivity index (χ0n) is 19.6. The summed E-state index contributed by atoms with van der Waals surface area (Å²) in [6, 6.07) is 17.0. The molecule has 2 amide bonds. The molecule has 0 aliphatic rings. The van der Waals surface area contributed by atoms with Gasteiger partial charge in [-0.3, -0.25) is 4.79 Å². The number of ether oxygens (including phenoxy) is 2. The maximum absolute atomic E-state index is 12.8. The molecule has 6 nitrogen and oxygen atoms in total. The van der Waals surface area contributed by atoms with E-state index in [1.807, 2.05) is 54.6 Å². The van der Waals surface area contributed by atoms with Crippen molar-refractivity contribution in [3.8, 4) is 5.75 Å². The smallest absolute Gasteiger partial charge is 0.408 e. The van der Waals surface area contributed by atoms with Crippen molar-refractivity contribution < 1.29 is 19.1 Å². The molecule has 0 heterocycles. The zero-order chi connectivity index (χ0) is 23.6. The van der Waals surface area contributed by atoms with Gasteiger partial charge in [0.2, 0.25) is 5.91 Å². The third-order valence-electron chi connectivity index (χ3n) is 4.44. The van der Waals surface area contributed by atoms with E-state index in [1.165, 1.54) is 0 Å². The number of benzene rings is 2. The molecule has 0 saturated heterocycles. The van der Waals surface area contributed by atoms with Crippen LogP contribution in [0.5, 0.6) is 5.75 Å². The van der Waals surface area contributed by atoms with Crippen LogP contribution in [0.4, 0.5) is 4.79 Å². The summed E-state index contributed by atoms with van der Waals surface area (Å²) in [6.07, 6.45) is 4.20. The normalized spacial score (nSPS) is 12.2. The molecule has 0 aliphatic heterocycles. The Kier molecular flexibility index (Phi) is 9.91. The third-order valence-corrected chi connectivity index (χ3v) is 5.49. The molecular formula is C25H35N2O4S+. The molecule has 0 saturated carbocycles. The Labute approximate surface area is 194 Å². The number of hydrogen-bond acceptors (Lipinski definition) is 4. The lowest BCUT2D eigenvalue weighted by Crippen LogP contribution is -2.48. The SMILES string of the molecule is C[S+](C)CC[C@@H](NC(=O)OC(C)(C)C)C(=O)NCc1cccc(OCc2ccccc2)c1. The largest absolute Gasteiger partial charge is 0.489 e. The van der Waals surface area contributed by atoms with Gasteiger partial charge in [0, 0.05) is 13.0 Å². The minimum atomic E-state index is -0.641. The molecule has 0 spiro atoms. The highest BCUT2D eigenvalue weighted by Crippen LogP contribution is 2.15. The highest BCUT2D eigenvalue weighted by Gasteiger charge is 2.25. The summed E-state index contributed by atoms with van der Waals surface area (Å²) in [6.45, 7) is 6.21. The van der Waals surface area contributed by atoms with Crippen LogP contribution in [0.1, 0.15) is 38.3 Å². The molecule has 0 bridgehead atoms. The predicted molar refractivity (Wildman–Crippen MR) is 131 cm³/mol. The molecule has 0 aromatic heterocycles. The van der Waals surface area contributed by atoms with E-state index in [4.69, 9.17) is 9.47 Å². The fraction of sp³-hybridized carbons (Fsp3) is 0.440. The highest BCUT2D eigenvalue weighted by molar-refractivity contribution is 7.95. The average Bonchev–Trinajstić information content (AvgIpc) is 2.73. The van der Waals surface area contributed by atoms with E-state index in [9.17, 15) is 9.59 Å². The summed E-state index contributed by atoms with van der Waals surface area (Å²) < 4.78 is 11.2. The van der Waals surface area contributed by atoms with Gasteiger partial charge in [-0.1, -0.05) is 42.5 Å². The summed E-state index contributed by atoms with van der Waals surface area (Å²) in [5.74, 6) is 1.36. The number of carbonyl (C=O) groups is 2. The lowest BCUT2D eigenvalue weighted by molar-refractivity contribution is -0.123. The lowest BCUT2D eigenvalue weighted by atomic mass is 10.1. The molecule has 0 aliphatic carbocycles. The van der Waals surface area contributed by atoms with E-state index in [2.05, 4.69) is 23.1 Å². The molecule has 2 N–H and O–H groups in total. The van der Waals surface area contributed by atoms with Crippen molar-refractivity contribution >= 4 is 22.9 Å². The van der Waals surface area contributed by atoms with Gasteiger partial charge >= 0.3 is 6.09 Å². The number of carbonyl (C=O) groups excluding carboxylic acids is 2. The van der Waals surface area contributed by atoms with Gasteiger partial charge in [0.25, 0.3) is 0 Å². The molecule has 174 valence electrons. The molecule has 7 heteroatoms. The first-order valence-corrected chi connectivity index (χ1v) is 12.9. The van der Waals surface area contributed by atoms with Gasteiger partial charge in [-0.05, 0) is 54.9 Å². The van der Waals surface area contributed by atoms with Crippen molar-refractivity contribution in [2.75, 3.05) is 18.3 Å². The van der Waals surface area contributed by atoms with Gasteiger partial charge in [0.1, 0.15) is 29.8 Å². The van der Waals surface area contributed by atoms with Gasteiger partial charge in [-0.2, -0.15) is 0 Å². The van der Waals surface area contributed by atoms with E-state index in [0.29, 0.717) is 19.6 Å². The van der Waals surface area contributed by atoms with Crippen LogP contribution in [0.2, 0.25) is 0 Å². The van der Waals surface area contributed by atoms with Crippen LogP contribution >= 0.6 is 0 Å². The minimum Gasteiger partial charge on any atom is -0.489 e. The Bertz CT molecular complexity index is 866. The van der Waals surface area contributed by atoms with Gasteiger partial charge in [0.05, 0.1) is 12.5 Å². The second-order valence-corrected chi connectivity index (χ2v) is 11.2. The molecule has 2 rings (SSSR count). The Morgan fingerprint density at radius 2 is 1.69 bits per heavy atom. The molecular weight excluding hydrogens is 424 g/mol. The Hall–Kier alpha value is -2.67. The average molecular weight is 460 g/mol. The molecule has 2 aromatic rings. The van der Waals surface area contributed by atoms with Crippen LogP contribution in [0, 0.1) is 0 Å². The number of rotatable bonds is 10. The van der Waals surface area contributed by atoms with Gasteiger partial charge in [-0.15, -0.1) is 0 Å². The predicted octanol–water partition coefficient (Wildman–Crippen LogP) is 4.04. The molecule has 0 unspecified atom stereocenters. The van der Waals surface area contributed by atoms with Crippen molar-refractivity contribution in [2.24, 2.45) is 0 Å². The van der Waals surface area contributed by atoms with Crippen molar-refractivity contribution in [3.63, 3.8) is 0 Å². The minimum absolute atomic E-state index is 0.163. The summed E-state index contributed by atoms with van der Waals surface area (Å²) in [5.41, 5.74) is 1.39. The maximum atomic E-state index is 12.8. The highest BCUT2D eigenvalue weighted by atomic mass is 32.2. The summed E-state index contributed by atoms with van der Waals surface area (Å²) >= 11 is 0. The van der Waals surface area contributed by atoms with Crippen LogP contribution in [-0.4, -0.2) is 41.9 Å². The monoisotopic (exact) mass is 459 g/mol. The summed E-state index contributed by atoms with van der Waals surface area (Å²) in [5, 5.41) is 5.65. The van der Waals surface area contributed by atoms with E-state index < -0.39 is 17.7 Å². The van der Waals surface area contributed by atoms with Crippen molar-refractivity contribution in [1.82, 2.24) is 10.6 Å². The van der Waals surface area contributed by atoms with Crippen LogP contribution in [0.15, 0.2) is 54.6 Å². The standard InChI is InChI=1S/C25H34N2O4S/c1-25(2,3)31-24(29)27-22(14-15-32(4)5)23(28)26-17-20-12-9-13-21(16-20)30-18-19-10-7-6-8-11-19/h6-13,16,22H,14-15,17-18H2,1-5H3,(H-,26,27,28,29)/p+1/t22-/m1/s1. The second-order valence-electron chi connectivity index (χ2n) is 8.82. The van der Waals surface area contributed by atoms with Crippen molar-refractivity contribution in [3.05, 3.63) is 65.7 Å². The van der Waals surface area contributed by atoms with Crippen LogP contribution in [-0.2, 0) is 33.6 Å². The van der Waals surface area contributed by atoms with Crippen LogP contribution < -0.4 is 15.4 Å². The first-order chi connectivity index (χ1) is 15.1. The van der Waals surface area contributed by atoms with Gasteiger partial charge in [0.15, 0.2) is 0 Å². The number of hydrogen-bond donors (Lipinski definition) is 2. The van der Waals surface area contributed by atoms with E-state index in [1.54, 1.807) is 20.8 Å². The van der Waals surface area contributed by atoms with E-state index in [-0.39, 0.29) is 16.8 Å². The Morgan fingerprint density at radius 1 is 1.00 bits per heavy atom. The topological polar surface area (TPSA) is 76.7 Å². The Balaban J connectivity index is 1.93. The van der Waals surface area contributed by atoms with E-state index in [0.717, 1.165) is 22.6 Å². The first-order valence-electron chi connectivity index (χ1n) is 10.7. The van der Waals surface area contributed by atoms with Crippen molar-refractivity contribution in [1.29, 1.82) is 0 Å². The lowest BCUT2D eigenvalue weighted by Gasteiger charge is -2.23. The van der Waals surface area contributed by atoms with Crippen LogP contribution in [0.3, 0.4) is 0 Å². The zero-order valence-corrected chi connectivity index (χ0v) is 20.5. The number of amides is 2. The molecule has 32 heavy (non-hydrogen) atoms. The quantitative estimate of drug-likeness (QED) is 0.526. The third kappa shape index (κ3) is 10.1. The summed E-state index contributed by atoms with van der Waals surface area (Å²) in [4.78, 5) is 25.0. The molecule has 0 fully saturated rings. The first kappa shape index (κ1) is 25.6. The fourth-order valence-corrected chi connectivity index (χ4v) is 3.58. The van der Waals surface area contributed by atoms with Gasteiger partial charge in [-0.25, -0.2) is 4.79 Å². The molecule has 0 radical (unpaired) electrons. The fourth-order valence-electron chi connectivity index (χ4n) is 2.87. The number of alkyl carbamates (subject to hydrolysis) is 1. The molecule has 2 aromatic carbocycles. The second kappa shape index (κ2) is 12.4. The Morgan fingerprint density at radius 3 is 2.34 bits per heavy atom. The van der Waals surface area contributed by atoms with Crippen molar-refractivity contribution in [2.45, 2.75) is 52.0 Å².